The zero-order valence-electron chi connectivity index (χ0n) is 19.0. The van der Waals surface area contributed by atoms with Crippen LogP contribution in [-0.4, -0.2) is 64.6 Å². The minimum atomic E-state index is -0.613. The molecule has 1 aromatic carbocycles. The van der Waals surface area contributed by atoms with Gasteiger partial charge in [-0.1, -0.05) is 11.6 Å². The number of aromatic nitrogens is 4. The summed E-state index contributed by atoms with van der Waals surface area (Å²) in [5.41, 5.74) is 14.2. The van der Waals surface area contributed by atoms with Gasteiger partial charge in [-0.3, -0.25) is 4.39 Å². The number of methoxy groups -OCH3 is 1. The maximum atomic E-state index is 13.7. The van der Waals surface area contributed by atoms with E-state index in [4.69, 9.17) is 23.1 Å². The van der Waals surface area contributed by atoms with Crippen molar-refractivity contribution >= 4 is 58.0 Å². The molecule has 3 aromatic rings. The van der Waals surface area contributed by atoms with Crippen molar-refractivity contribution in [3.8, 4) is 0 Å². The predicted octanol–water partition coefficient (Wildman–Crippen LogP) is 2.39. The Hall–Kier alpha value is -3.74. The summed E-state index contributed by atoms with van der Waals surface area (Å²) in [6.07, 6.45) is 3.02. The summed E-state index contributed by atoms with van der Waals surface area (Å²) in [6, 6.07) is 3.28. The molecule has 1 aliphatic carbocycles. The summed E-state index contributed by atoms with van der Waals surface area (Å²) in [6.45, 7) is 0.0835. The van der Waals surface area contributed by atoms with Crippen molar-refractivity contribution in [3.63, 3.8) is 0 Å². The Labute approximate surface area is 205 Å². The van der Waals surface area contributed by atoms with Crippen LogP contribution in [0.3, 0.4) is 0 Å². The molecule has 1 aliphatic heterocycles. The molecule has 3 heterocycles. The summed E-state index contributed by atoms with van der Waals surface area (Å²) >= 11 is 6.76. The number of nitrogen functional groups attached to an aromatic ring is 2. The topological polar surface area (TPSA) is 161 Å². The van der Waals surface area contributed by atoms with E-state index in [1.54, 1.807) is 12.1 Å². The highest BCUT2D eigenvalue weighted by molar-refractivity contribution is 6.36. The lowest BCUT2D eigenvalue weighted by Gasteiger charge is -2.22. The lowest BCUT2D eigenvalue weighted by molar-refractivity contribution is 0.163. The predicted molar refractivity (Wildman–Crippen MR) is 132 cm³/mol. The number of halogens is 2. The monoisotopic (exact) mass is 504 g/mol. The number of alkyl carbamates (subject to hydrolysis) is 1. The van der Waals surface area contributed by atoms with Gasteiger partial charge in [0.05, 0.1) is 42.4 Å². The second kappa shape index (κ2) is 9.13. The molecule has 14 heteroatoms. The molecule has 35 heavy (non-hydrogen) atoms. The Morgan fingerprint density at radius 1 is 1.31 bits per heavy atom. The number of nitrogens with one attached hydrogen (secondary N) is 3. The van der Waals surface area contributed by atoms with Crippen LogP contribution < -0.4 is 32.3 Å². The second-order valence-corrected chi connectivity index (χ2v) is 9.09. The molecule has 7 N–H and O–H groups in total. The zero-order valence-corrected chi connectivity index (χ0v) is 19.7. The third-order valence-corrected chi connectivity index (χ3v) is 6.49. The van der Waals surface area contributed by atoms with Crippen molar-refractivity contribution in [3.05, 3.63) is 23.4 Å². The SMILES string of the molecule is COC(=O)N[C@H]1CN(c2cc(N)cc(Nc3nc(NC4CC4)c4ncc(N)n4n3)c2Cl)C[C@H]1CF. The minimum absolute atomic E-state index is 0.247. The van der Waals surface area contributed by atoms with E-state index in [1.165, 1.54) is 17.8 Å². The van der Waals surface area contributed by atoms with Gasteiger partial charge < -0.3 is 37.1 Å². The van der Waals surface area contributed by atoms with Crippen molar-refractivity contribution in [2.45, 2.75) is 24.9 Å². The van der Waals surface area contributed by atoms with Crippen molar-refractivity contribution < 1.29 is 13.9 Å². The Bertz CT molecular complexity index is 1270. The maximum absolute atomic E-state index is 13.7. The number of carbonyl (C=O) groups is 1. The molecule has 2 aromatic heterocycles. The molecule has 0 radical (unpaired) electrons. The van der Waals surface area contributed by atoms with E-state index in [0.29, 0.717) is 58.5 Å². The molecule has 0 spiro atoms. The van der Waals surface area contributed by atoms with E-state index in [2.05, 4.69) is 35.8 Å². The fourth-order valence-corrected chi connectivity index (χ4v) is 4.42. The van der Waals surface area contributed by atoms with Crippen LogP contribution >= 0.6 is 11.6 Å². The fourth-order valence-electron chi connectivity index (χ4n) is 4.14. The number of benzene rings is 1. The number of carbonyl (C=O) groups excluding carboxylic acids is 1. The van der Waals surface area contributed by atoms with Gasteiger partial charge >= 0.3 is 6.09 Å². The average molecular weight is 505 g/mol. The molecule has 2 fully saturated rings. The molecule has 1 saturated heterocycles. The van der Waals surface area contributed by atoms with E-state index in [-0.39, 0.29) is 5.95 Å². The number of fused-ring (bicyclic) bond motifs is 1. The molecule has 12 nitrogen and oxygen atoms in total. The first-order valence-corrected chi connectivity index (χ1v) is 11.5. The maximum Gasteiger partial charge on any atom is 0.407 e. The van der Waals surface area contributed by atoms with Gasteiger partial charge in [-0.05, 0) is 25.0 Å². The van der Waals surface area contributed by atoms with Crippen LogP contribution in [0.25, 0.3) is 5.65 Å². The molecule has 0 unspecified atom stereocenters. The summed E-state index contributed by atoms with van der Waals surface area (Å²) in [4.78, 5) is 22.4. The van der Waals surface area contributed by atoms with E-state index in [0.717, 1.165) is 12.8 Å². The van der Waals surface area contributed by atoms with Gasteiger partial charge in [-0.15, -0.1) is 5.10 Å². The molecule has 5 rings (SSSR count). The quantitative estimate of drug-likeness (QED) is 0.302. The number of amides is 1. The van der Waals surface area contributed by atoms with Gasteiger partial charge in [-0.25, -0.2) is 9.78 Å². The summed E-state index contributed by atoms with van der Waals surface area (Å²) < 4.78 is 19.8. The number of alkyl halides is 1. The van der Waals surface area contributed by atoms with Gasteiger partial charge in [-0.2, -0.15) is 9.50 Å². The highest BCUT2D eigenvalue weighted by Gasteiger charge is 2.35. The van der Waals surface area contributed by atoms with E-state index in [1.807, 2.05) is 4.90 Å². The lowest BCUT2D eigenvalue weighted by atomic mass is 10.1. The Balaban J connectivity index is 1.44. The van der Waals surface area contributed by atoms with Gasteiger partial charge in [0.1, 0.15) is 5.82 Å². The highest BCUT2D eigenvalue weighted by Crippen LogP contribution is 2.39. The fraction of sp³-hybridized carbons (Fsp3) is 0.429. The van der Waals surface area contributed by atoms with Crippen LogP contribution in [0.5, 0.6) is 0 Å². The van der Waals surface area contributed by atoms with Gasteiger partial charge in [0.25, 0.3) is 0 Å². The number of anilines is 6. The molecule has 1 amide bonds. The summed E-state index contributed by atoms with van der Waals surface area (Å²) in [5, 5.41) is 13.9. The third-order valence-electron chi connectivity index (χ3n) is 6.10. The van der Waals surface area contributed by atoms with Gasteiger partial charge in [0, 0.05) is 30.7 Å². The van der Waals surface area contributed by atoms with E-state index < -0.39 is 24.7 Å². The Kier molecular flexibility index (Phi) is 6.01. The highest BCUT2D eigenvalue weighted by atomic mass is 35.5. The molecule has 2 atom stereocenters. The van der Waals surface area contributed by atoms with Crippen molar-refractivity contribution in [1.82, 2.24) is 24.9 Å². The molecular weight excluding hydrogens is 479 g/mol. The number of imidazole rings is 1. The number of nitrogens with two attached hydrogens (primary N) is 2. The minimum Gasteiger partial charge on any atom is -0.453 e. The zero-order chi connectivity index (χ0) is 24.7. The normalized spacial score (nSPS) is 19.7. The lowest BCUT2D eigenvalue weighted by Crippen LogP contribution is -2.41. The van der Waals surface area contributed by atoms with Gasteiger partial charge in [0.2, 0.25) is 5.95 Å². The number of ether oxygens (including phenoxy) is 1. The number of hydrogen-bond donors (Lipinski definition) is 5. The van der Waals surface area contributed by atoms with Crippen molar-refractivity contribution in [2.24, 2.45) is 5.92 Å². The first-order valence-electron chi connectivity index (χ1n) is 11.2. The molecular formula is C21H26ClFN10O2. The molecule has 2 aliphatic rings. The van der Waals surface area contributed by atoms with E-state index in [9.17, 15) is 9.18 Å². The van der Waals surface area contributed by atoms with Crippen LogP contribution in [0.15, 0.2) is 18.3 Å². The van der Waals surface area contributed by atoms with Crippen LogP contribution in [0.2, 0.25) is 5.02 Å². The smallest absolute Gasteiger partial charge is 0.407 e. The summed E-state index contributed by atoms with van der Waals surface area (Å²) in [5.74, 6) is 0.747. The largest absolute Gasteiger partial charge is 0.453 e. The number of nitrogens with zero attached hydrogens (tertiary/aromatic N) is 5. The van der Waals surface area contributed by atoms with Crippen molar-refractivity contribution in [1.29, 1.82) is 0 Å². The third kappa shape index (κ3) is 4.63. The van der Waals surface area contributed by atoms with Crippen LogP contribution in [-0.2, 0) is 4.74 Å². The van der Waals surface area contributed by atoms with Crippen LogP contribution in [0.4, 0.5) is 43.8 Å². The number of hydrogen-bond acceptors (Lipinski definition) is 10. The number of rotatable bonds is 7. The van der Waals surface area contributed by atoms with E-state index >= 15 is 0 Å². The molecule has 0 bridgehead atoms. The second-order valence-electron chi connectivity index (χ2n) is 8.71. The first-order chi connectivity index (χ1) is 16.9. The van der Waals surface area contributed by atoms with Crippen LogP contribution in [0.1, 0.15) is 12.8 Å². The van der Waals surface area contributed by atoms with Crippen molar-refractivity contribution in [2.75, 3.05) is 53.9 Å². The van der Waals surface area contributed by atoms with Gasteiger partial charge in [0.15, 0.2) is 11.5 Å². The average Bonchev–Trinajstić information content (AvgIpc) is 3.44. The standard InChI is InChI=1S/C21H26ClFN10O2/c1-35-21(34)29-14-9-32(8-10(14)6-23)15-5-11(24)4-13(17(15)22)28-20-30-18(27-12-2-3-12)19-26-7-16(25)33(19)31-20/h4-5,7,10,12,14H,2-3,6,8-9,24-25H2,1H3,(H,29,34)(H2,27,28,30,31)/t10-,14+/m1/s1. The Morgan fingerprint density at radius 3 is 2.83 bits per heavy atom. The Morgan fingerprint density at radius 2 is 2.11 bits per heavy atom. The summed E-state index contributed by atoms with van der Waals surface area (Å²) in [7, 11) is 1.27. The molecule has 186 valence electrons. The first kappa shape index (κ1) is 23.0. The molecule has 1 saturated carbocycles. The van der Waals surface area contributed by atoms with Crippen LogP contribution in [0, 0.1) is 5.92 Å².